The number of aromatic nitrogens is 1. The van der Waals surface area contributed by atoms with E-state index in [0.717, 1.165) is 26.3 Å². The van der Waals surface area contributed by atoms with Crippen molar-refractivity contribution in [3.8, 4) is 5.75 Å². The Morgan fingerprint density at radius 2 is 2.17 bits per heavy atom. The Hall–Kier alpha value is -2.40. The van der Waals surface area contributed by atoms with Gasteiger partial charge in [0.15, 0.2) is 0 Å². The molecule has 2 aromatic heterocycles. The predicted octanol–water partition coefficient (Wildman–Crippen LogP) is 4.36. The lowest BCUT2D eigenvalue weighted by molar-refractivity contribution is 0.0526. The van der Waals surface area contributed by atoms with E-state index >= 15 is 0 Å². The van der Waals surface area contributed by atoms with Gasteiger partial charge in [-0.2, -0.15) is 0 Å². The number of aryl methyl sites for hydroxylation is 1. The Balaban J connectivity index is 1.85. The Bertz CT molecular complexity index is 827. The number of ether oxygens (including phenoxy) is 2. The molecule has 0 atom stereocenters. The topological polar surface area (TPSA) is 48.4 Å². The molecule has 0 aliphatic rings. The first-order valence-electron chi connectivity index (χ1n) is 7.41. The molecule has 3 rings (SSSR count). The Morgan fingerprint density at radius 3 is 2.91 bits per heavy atom. The number of benzene rings is 1. The van der Waals surface area contributed by atoms with Crippen LogP contribution in [0.15, 0.2) is 42.7 Å². The molecule has 0 unspecified atom stereocenters. The summed E-state index contributed by atoms with van der Waals surface area (Å²) in [6.45, 7) is 4.73. The van der Waals surface area contributed by atoms with Gasteiger partial charge in [-0.3, -0.25) is 4.98 Å². The highest BCUT2D eigenvalue weighted by Crippen LogP contribution is 2.32. The van der Waals surface area contributed by atoms with Gasteiger partial charge in [-0.1, -0.05) is 0 Å². The minimum atomic E-state index is -0.284. The van der Waals surface area contributed by atoms with Gasteiger partial charge in [0.25, 0.3) is 0 Å². The monoisotopic (exact) mass is 327 g/mol. The largest absolute Gasteiger partial charge is 0.486 e. The number of carbonyl (C=O) groups is 1. The van der Waals surface area contributed by atoms with E-state index in [1.54, 1.807) is 30.7 Å². The van der Waals surface area contributed by atoms with Crippen LogP contribution in [0.5, 0.6) is 5.75 Å². The molecule has 1 aromatic carbocycles. The lowest BCUT2D eigenvalue weighted by Gasteiger charge is -2.04. The van der Waals surface area contributed by atoms with Gasteiger partial charge >= 0.3 is 5.97 Å². The molecule has 2 heterocycles. The fraction of sp³-hybridized carbons (Fsp3) is 0.222. The SMILES string of the molecule is CCOC(=O)c1ccc2sc(COc3cccnc3)c(C)c2c1. The maximum atomic E-state index is 11.9. The van der Waals surface area contributed by atoms with Crippen LogP contribution in [-0.4, -0.2) is 17.6 Å². The first-order valence-corrected chi connectivity index (χ1v) is 8.22. The summed E-state index contributed by atoms with van der Waals surface area (Å²) in [4.78, 5) is 17.0. The zero-order valence-corrected chi connectivity index (χ0v) is 13.9. The van der Waals surface area contributed by atoms with Crippen LogP contribution < -0.4 is 4.74 Å². The molecule has 118 valence electrons. The Kier molecular flexibility index (Phi) is 4.57. The molecule has 0 saturated carbocycles. The third kappa shape index (κ3) is 3.35. The second kappa shape index (κ2) is 6.79. The van der Waals surface area contributed by atoms with Crippen LogP contribution in [0.1, 0.15) is 27.7 Å². The molecule has 0 saturated heterocycles. The average Bonchev–Trinajstić information content (AvgIpc) is 2.90. The minimum absolute atomic E-state index is 0.284. The number of esters is 1. The lowest BCUT2D eigenvalue weighted by atomic mass is 10.1. The summed E-state index contributed by atoms with van der Waals surface area (Å²) in [6.07, 6.45) is 3.41. The highest BCUT2D eigenvalue weighted by Gasteiger charge is 2.13. The van der Waals surface area contributed by atoms with Gasteiger partial charge in [-0.25, -0.2) is 4.79 Å². The molecule has 23 heavy (non-hydrogen) atoms. The number of thiophene rings is 1. The van der Waals surface area contributed by atoms with E-state index in [9.17, 15) is 4.79 Å². The molecule has 0 N–H and O–H groups in total. The van der Waals surface area contributed by atoms with Gasteiger partial charge in [0.1, 0.15) is 12.4 Å². The van der Waals surface area contributed by atoms with E-state index < -0.39 is 0 Å². The fourth-order valence-corrected chi connectivity index (χ4v) is 3.44. The molecule has 0 aliphatic heterocycles. The van der Waals surface area contributed by atoms with Gasteiger partial charge in [0, 0.05) is 15.8 Å². The molecule has 0 fully saturated rings. The predicted molar refractivity (Wildman–Crippen MR) is 91.1 cm³/mol. The van der Waals surface area contributed by atoms with Gasteiger partial charge in [-0.15, -0.1) is 11.3 Å². The van der Waals surface area contributed by atoms with Crippen molar-refractivity contribution >= 4 is 27.4 Å². The summed E-state index contributed by atoms with van der Waals surface area (Å²) in [5.74, 6) is 0.463. The number of rotatable bonds is 5. The van der Waals surface area contributed by atoms with Crippen molar-refractivity contribution in [1.82, 2.24) is 4.98 Å². The van der Waals surface area contributed by atoms with E-state index in [1.807, 2.05) is 30.3 Å². The van der Waals surface area contributed by atoms with Crippen LogP contribution in [0, 0.1) is 6.92 Å². The summed E-state index contributed by atoms with van der Waals surface area (Å²) in [5.41, 5.74) is 1.72. The zero-order valence-electron chi connectivity index (χ0n) is 13.0. The smallest absolute Gasteiger partial charge is 0.338 e. The summed E-state index contributed by atoms with van der Waals surface area (Å²) in [5, 5.41) is 1.07. The summed E-state index contributed by atoms with van der Waals surface area (Å²) < 4.78 is 12.0. The van der Waals surface area contributed by atoms with E-state index in [0.29, 0.717) is 18.8 Å². The van der Waals surface area contributed by atoms with Crippen LogP contribution in [0.4, 0.5) is 0 Å². The molecule has 0 radical (unpaired) electrons. The third-order valence-electron chi connectivity index (χ3n) is 3.55. The van der Waals surface area contributed by atoms with E-state index in [4.69, 9.17) is 9.47 Å². The summed E-state index contributed by atoms with van der Waals surface area (Å²) >= 11 is 1.68. The van der Waals surface area contributed by atoms with Gasteiger partial charge in [0.2, 0.25) is 0 Å². The standard InChI is InChI=1S/C18H17NO3S/c1-3-21-18(20)13-6-7-16-15(9-13)12(2)17(23-16)11-22-14-5-4-8-19-10-14/h4-10H,3,11H2,1-2H3. The molecule has 3 aromatic rings. The van der Waals surface area contributed by atoms with Crippen LogP contribution in [0.25, 0.3) is 10.1 Å². The second-order valence-corrected chi connectivity index (χ2v) is 6.20. The summed E-state index contributed by atoms with van der Waals surface area (Å²) in [7, 11) is 0. The van der Waals surface area contributed by atoms with E-state index in [2.05, 4.69) is 11.9 Å². The van der Waals surface area contributed by atoms with E-state index in [1.165, 1.54) is 0 Å². The van der Waals surface area contributed by atoms with Crippen molar-refractivity contribution in [2.45, 2.75) is 20.5 Å². The number of fused-ring (bicyclic) bond motifs is 1. The van der Waals surface area contributed by atoms with Crippen molar-refractivity contribution in [2.75, 3.05) is 6.61 Å². The fourth-order valence-electron chi connectivity index (χ4n) is 2.33. The molecular weight excluding hydrogens is 310 g/mol. The molecular formula is C18H17NO3S. The first-order chi connectivity index (χ1) is 11.2. The molecule has 5 heteroatoms. The molecule has 0 amide bonds. The second-order valence-electron chi connectivity index (χ2n) is 5.06. The molecule has 0 bridgehead atoms. The van der Waals surface area contributed by atoms with Crippen molar-refractivity contribution < 1.29 is 14.3 Å². The van der Waals surface area contributed by atoms with Crippen LogP contribution in [-0.2, 0) is 11.3 Å². The quantitative estimate of drug-likeness (QED) is 0.653. The van der Waals surface area contributed by atoms with Crippen molar-refractivity contribution in [3.63, 3.8) is 0 Å². The molecule has 0 spiro atoms. The Labute approximate surface area is 138 Å². The van der Waals surface area contributed by atoms with Crippen molar-refractivity contribution in [1.29, 1.82) is 0 Å². The maximum absolute atomic E-state index is 11.9. The van der Waals surface area contributed by atoms with Gasteiger partial charge in [-0.05, 0) is 55.1 Å². The van der Waals surface area contributed by atoms with Gasteiger partial charge < -0.3 is 9.47 Å². The molecule has 4 nitrogen and oxygen atoms in total. The molecule has 0 aliphatic carbocycles. The van der Waals surface area contributed by atoms with Gasteiger partial charge in [0.05, 0.1) is 18.4 Å². The maximum Gasteiger partial charge on any atom is 0.338 e. The highest BCUT2D eigenvalue weighted by molar-refractivity contribution is 7.19. The minimum Gasteiger partial charge on any atom is -0.486 e. The number of hydrogen-bond donors (Lipinski definition) is 0. The first kappa shape index (κ1) is 15.5. The summed E-state index contributed by atoms with van der Waals surface area (Å²) in [6, 6.07) is 9.40. The number of carbonyl (C=O) groups excluding carboxylic acids is 1. The zero-order chi connectivity index (χ0) is 16.2. The third-order valence-corrected chi connectivity index (χ3v) is 4.80. The van der Waals surface area contributed by atoms with Crippen LogP contribution in [0.3, 0.4) is 0 Å². The highest BCUT2D eigenvalue weighted by atomic mass is 32.1. The van der Waals surface area contributed by atoms with Crippen LogP contribution >= 0.6 is 11.3 Å². The Morgan fingerprint density at radius 1 is 1.30 bits per heavy atom. The lowest BCUT2D eigenvalue weighted by Crippen LogP contribution is -2.04. The average molecular weight is 327 g/mol. The number of hydrogen-bond acceptors (Lipinski definition) is 5. The van der Waals surface area contributed by atoms with Crippen molar-refractivity contribution in [2.24, 2.45) is 0 Å². The van der Waals surface area contributed by atoms with E-state index in [-0.39, 0.29) is 5.97 Å². The normalized spacial score (nSPS) is 10.7. The van der Waals surface area contributed by atoms with Crippen molar-refractivity contribution in [3.05, 3.63) is 58.7 Å². The number of nitrogens with zero attached hydrogens (tertiary/aromatic N) is 1. The van der Waals surface area contributed by atoms with Crippen LogP contribution in [0.2, 0.25) is 0 Å². The number of pyridine rings is 1.